The molecule has 0 fully saturated rings. The van der Waals surface area contributed by atoms with Crippen LogP contribution in [0.4, 0.5) is 14.3 Å². The van der Waals surface area contributed by atoms with Crippen molar-refractivity contribution in [3.63, 3.8) is 0 Å². The molecule has 1 unspecified atom stereocenters. The van der Waals surface area contributed by atoms with E-state index in [0.717, 1.165) is 27.9 Å². The van der Waals surface area contributed by atoms with Gasteiger partial charge in [0.1, 0.15) is 5.75 Å². The van der Waals surface area contributed by atoms with Gasteiger partial charge in [0, 0.05) is 55.8 Å². The molecule has 0 spiro atoms. The summed E-state index contributed by atoms with van der Waals surface area (Å²) in [6.45, 7) is -1.22. The average molecular weight is 977 g/mol. The van der Waals surface area contributed by atoms with Crippen molar-refractivity contribution in [1.82, 2.24) is 30.2 Å². The second-order valence-electron chi connectivity index (χ2n) is 15.3. The Bertz CT molecular complexity index is 2440. The highest BCUT2D eigenvalue weighted by Crippen LogP contribution is 2.29. The summed E-state index contributed by atoms with van der Waals surface area (Å²) in [5.74, 6) is -4.74. The molecule has 0 saturated carbocycles. The number of aliphatic carboxylic acids is 4. The van der Waals surface area contributed by atoms with Gasteiger partial charge in [-0.2, -0.15) is 0 Å². The molecule has 1 aliphatic heterocycles. The summed E-state index contributed by atoms with van der Waals surface area (Å²) >= 11 is 6.99. The zero-order valence-electron chi connectivity index (χ0n) is 36.7. The number of carboxylic acids is 4. The van der Waals surface area contributed by atoms with E-state index < -0.39 is 57.0 Å². The van der Waals surface area contributed by atoms with Crippen LogP contribution in [0, 0.1) is 0 Å². The molecule has 23 heteroatoms. The maximum Gasteiger partial charge on any atom is 0.678 e. The predicted octanol–water partition coefficient (Wildman–Crippen LogP) is 4.61. The number of hydrogen-bond acceptors (Lipinski definition) is 12. The molecule has 1 aliphatic rings. The maximum atomic E-state index is 14.3. The molecular formula is C45H51BF2N8O10S2. The lowest BCUT2D eigenvalue weighted by molar-refractivity contribution is -0.144. The number of carbonyl (C=O) groups is 5. The molecule has 8 N–H and O–H groups in total. The zero-order chi connectivity index (χ0) is 49.0. The monoisotopic (exact) mass is 976 g/mol. The molecule has 0 saturated heterocycles. The number of hydrogen-bond donors (Lipinski definition) is 8. The Morgan fingerprint density at radius 3 is 2.15 bits per heavy atom. The summed E-state index contributed by atoms with van der Waals surface area (Å²) in [6, 6.07) is 19.5. The molecule has 18 nitrogen and oxygen atoms in total. The van der Waals surface area contributed by atoms with Crippen LogP contribution >= 0.6 is 23.6 Å². The molecule has 1 amide bonds. The van der Waals surface area contributed by atoms with Crippen molar-refractivity contribution >= 4 is 83.3 Å². The number of anilines is 1. The number of carbonyl (C=O) groups excluding carboxylic acids is 1. The van der Waals surface area contributed by atoms with Gasteiger partial charge >= 0.3 is 31.3 Å². The number of unbranched alkanes of at least 4 members (excludes halogenated alkanes) is 2. The Labute approximate surface area is 400 Å². The first kappa shape index (κ1) is 52.2. The number of rotatable bonds is 29. The van der Waals surface area contributed by atoms with Crippen LogP contribution in [0.15, 0.2) is 101 Å². The predicted molar refractivity (Wildman–Crippen MR) is 258 cm³/mol. The first-order chi connectivity index (χ1) is 32.6. The van der Waals surface area contributed by atoms with E-state index in [1.807, 2.05) is 23.6 Å². The number of aliphatic imine (C=N–C) groups is 1. The average Bonchev–Trinajstić information content (AvgIpc) is 4.08. The number of aromatic nitrogens is 1. The van der Waals surface area contributed by atoms with Crippen molar-refractivity contribution in [2.24, 2.45) is 4.99 Å². The molecule has 5 rings (SSSR count). The van der Waals surface area contributed by atoms with Gasteiger partial charge in [0.2, 0.25) is 0 Å². The van der Waals surface area contributed by atoms with Gasteiger partial charge in [0.25, 0.3) is 5.91 Å². The molecule has 2 aromatic carbocycles. The third-order valence-corrected chi connectivity index (χ3v) is 11.3. The van der Waals surface area contributed by atoms with Crippen LogP contribution in [0.5, 0.6) is 5.75 Å². The van der Waals surface area contributed by atoms with Crippen LogP contribution in [-0.4, -0.2) is 148 Å². The Kier molecular flexibility index (Phi) is 20.4. The lowest BCUT2D eigenvalue weighted by Crippen LogP contribution is -2.45. The van der Waals surface area contributed by atoms with Gasteiger partial charge in [-0.15, -0.1) is 11.3 Å². The van der Waals surface area contributed by atoms with Crippen molar-refractivity contribution in [3.05, 3.63) is 112 Å². The smallest absolute Gasteiger partial charge is 0.484 e. The fraction of sp³-hybridized carbons (Fsp3) is 0.311. The number of amides is 1. The number of benzene rings is 2. The number of carboxylic acid groups (broad SMARTS) is 4. The fourth-order valence-electron chi connectivity index (χ4n) is 7.11. The molecule has 0 radical (unpaired) electrons. The first-order valence-corrected chi connectivity index (χ1v) is 22.6. The van der Waals surface area contributed by atoms with E-state index >= 15 is 0 Å². The second-order valence-corrected chi connectivity index (χ2v) is 16.7. The van der Waals surface area contributed by atoms with Crippen molar-refractivity contribution in [1.29, 1.82) is 0 Å². The largest absolute Gasteiger partial charge is 0.678 e. The number of allylic oxidation sites excluding steroid dienone is 2. The number of thiophene rings is 1. The standard InChI is InChI=1S/C45H51BF2N8O10S2/c47-46(48)56-34(23-33-12-16-36(52-33)39-5-4-22-68-39)13-17-37(56)30-8-14-35(15-9-30)66-29-40(57)50-18-2-1-3-19-51-45(67)53-32-10-6-31(7-11-32)38(55(27-43(62)63)28-44(64)65)25-54(26-42(60)61)21-20-49-24-41(58)59/h4-17,22-23,38,49H,1-3,18-21,24-29H2,(H,50,57)(H,58,59)(H,60,61)(H,62,63)(H,64,65)(H2,51,53,67)/b33-23-. The Hall–Kier alpha value is -6.79. The van der Waals surface area contributed by atoms with Crippen molar-refractivity contribution < 1.29 is 57.8 Å². The summed E-state index contributed by atoms with van der Waals surface area (Å²) < 4.78 is 35.2. The molecular weight excluding hydrogens is 925 g/mol. The lowest BCUT2D eigenvalue weighted by Gasteiger charge is -2.34. The summed E-state index contributed by atoms with van der Waals surface area (Å²) in [7, 11) is -2.79. The van der Waals surface area contributed by atoms with Gasteiger partial charge in [-0.3, -0.25) is 42.4 Å². The number of ether oxygens (including phenoxy) is 1. The van der Waals surface area contributed by atoms with E-state index in [0.29, 0.717) is 64.3 Å². The number of nitrogens with zero attached hydrogens (tertiary/aromatic N) is 4. The van der Waals surface area contributed by atoms with Gasteiger partial charge in [0.05, 0.1) is 42.5 Å². The molecule has 68 heavy (non-hydrogen) atoms. The van der Waals surface area contributed by atoms with Crippen LogP contribution in [0.25, 0.3) is 17.3 Å². The van der Waals surface area contributed by atoms with Crippen molar-refractivity contribution in [2.45, 2.75) is 25.3 Å². The maximum absolute atomic E-state index is 14.3. The summed E-state index contributed by atoms with van der Waals surface area (Å²) in [5, 5.41) is 51.5. The highest BCUT2D eigenvalue weighted by atomic mass is 32.1. The third-order valence-electron chi connectivity index (χ3n) is 10.2. The third kappa shape index (κ3) is 17.1. The van der Waals surface area contributed by atoms with Gasteiger partial charge in [0.15, 0.2) is 11.7 Å². The topological polar surface area (TPSA) is 247 Å². The second kappa shape index (κ2) is 26.5. The van der Waals surface area contributed by atoms with E-state index in [1.54, 1.807) is 84.2 Å². The molecule has 0 bridgehead atoms. The SMILES string of the molecule is O=C(O)CNCCN(CC(=O)O)CC(c1ccc(NC(=S)NCCCCCNC(=O)COc2ccc(-c3ccc(/C=C4/C=CC(c5cccs5)=N4)n3B(F)F)cc2)cc1)N(CC(=O)O)CC(=O)O. The van der Waals surface area contributed by atoms with Gasteiger partial charge in [-0.1, -0.05) is 18.2 Å². The number of nitrogens with one attached hydrogen (secondary N) is 4. The Morgan fingerprint density at radius 2 is 1.51 bits per heavy atom. The van der Waals surface area contributed by atoms with Crippen LogP contribution in [0.2, 0.25) is 0 Å². The Morgan fingerprint density at radius 1 is 0.824 bits per heavy atom. The minimum Gasteiger partial charge on any atom is -0.484 e. The molecule has 0 aliphatic carbocycles. The fourth-order valence-corrected chi connectivity index (χ4v) is 8.02. The lowest BCUT2D eigenvalue weighted by atomic mass is 10.0. The van der Waals surface area contributed by atoms with Crippen LogP contribution in [-0.2, 0) is 24.0 Å². The number of thiocarbonyl (C=S) groups is 1. The van der Waals surface area contributed by atoms with E-state index in [1.165, 1.54) is 9.80 Å². The van der Waals surface area contributed by atoms with Crippen LogP contribution < -0.4 is 26.0 Å². The molecule has 360 valence electrons. The summed E-state index contributed by atoms with van der Waals surface area (Å²) in [6.07, 6.45) is 7.46. The highest BCUT2D eigenvalue weighted by molar-refractivity contribution is 7.80. The molecule has 2 aromatic heterocycles. The van der Waals surface area contributed by atoms with Gasteiger partial charge in [-0.25, -0.2) is 4.99 Å². The molecule has 1 atom stereocenters. The minimum atomic E-state index is -2.79. The molecule has 3 heterocycles. The van der Waals surface area contributed by atoms with Gasteiger partial charge < -0.3 is 50.9 Å². The zero-order valence-corrected chi connectivity index (χ0v) is 38.3. The van der Waals surface area contributed by atoms with Gasteiger partial charge in [-0.05, 0) is 121 Å². The van der Waals surface area contributed by atoms with E-state index in [9.17, 15) is 47.9 Å². The normalized spacial score (nSPS) is 13.1. The van der Waals surface area contributed by atoms with E-state index in [4.69, 9.17) is 22.1 Å². The van der Waals surface area contributed by atoms with Crippen LogP contribution in [0.3, 0.4) is 0 Å². The highest BCUT2D eigenvalue weighted by Gasteiger charge is 2.28. The molecule has 4 aromatic rings. The first-order valence-electron chi connectivity index (χ1n) is 21.4. The van der Waals surface area contributed by atoms with E-state index in [-0.39, 0.29) is 38.7 Å². The number of halogens is 2. The quantitative estimate of drug-likeness (QED) is 0.0210. The van der Waals surface area contributed by atoms with Crippen molar-refractivity contribution in [2.75, 3.05) is 70.8 Å². The minimum absolute atomic E-state index is 0.0699. The summed E-state index contributed by atoms with van der Waals surface area (Å²) in [4.78, 5) is 66.7. The van der Waals surface area contributed by atoms with Crippen LogP contribution in [0.1, 0.15) is 41.4 Å². The van der Waals surface area contributed by atoms with Crippen molar-refractivity contribution in [3.8, 4) is 17.0 Å². The van der Waals surface area contributed by atoms with E-state index in [2.05, 4.69) is 26.3 Å². The Balaban J connectivity index is 1.02. The summed E-state index contributed by atoms with van der Waals surface area (Å²) in [5.41, 5.74) is 3.62.